The van der Waals surface area contributed by atoms with Crippen LogP contribution in [0.3, 0.4) is 0 Å². The summed E-state index contributed by atoms with van der Waals surface area (Å²) in [6, 6.07) is 17.6. The molecule has 2 heterocycles. The van der Waals surface area contributed by atoms with Crippen LogP contribution >= 0.6 is 0 Å². The smallest absolute Gasteiger partial charge is 0.152 e. The monoisotopic (exact) mass is 353 g/mol. The van der Waals surface area contributed by atoms with Crippen LogP contribution < -0.4 is 5.01 Å². The van der Waals surface area contributed by atoms with Crippen molar-refractivity contribution >= 4 is 32.6 Å². The van der Waals surface area contributed by atoms with Gasteiger partial charge in [-0.1, -0.05) is 36.4 Å². The number of hydrogen-bond donors (Lipinski definition) is 1. The van der Waals surface area contributed by atoms with Gasteiger partial charge in [0.15, 0.2) is 9.84 Å². The van der Waals surface area contributed by atoms with Gasteiger partial charge >= 0.3 is 0 Å². The number of benzene rings is 2. The Balaban J connectivity index is 1.69. The van der Waals surface area contributed by atoms with Gasteiger partial charge in [-0.15, -0.1) is 0 Å². The lowest BCUT2D eigenvalue weighted by Gasteiger charge is -2.25. The minimum Gasteiger partial charge on any atom is -0.361 e. The van der Waals surface area contributed by atoms with E-state index >= 15 is 0 Å². The van der Waals surface area contributed by atoms with E-state index in [9.17, 15) is 8.42 Å². The maximum absolute atomic E-state index is 11.9. The first-order chi connectivity index (χ1) is 12.1. The Kier molecular flexibility index (Phi) is 4.05. The molecule has 1 saturated heterocycles. The molecule has 2 aromatic carbocycles. The zero-order chi connectivity index (χ0) is 17.3. The normalized spacial score (nSPS) is 19.6. The molecule has 25 heavy (non-hydrogen) atoms. The highest BCUT2D eigenvalue weighted by Gasteiger charge is 2.32. The molecule has 6 heteroatoms. The van der Waals surface area contributed by atoms with E-state index in [-0.39, 0.29) is 17.5 Å². The zero-order valence-corrected chi connectivity index (χ0v) is 14.5. The quantitative estimate of drug-likeness (QED) is 0.579. The summed E-state index contributed by atoms with van der Waals surface area (Å²) in [7, 11) is -2.98. The summed E-state index contributed by atoms with van der Waals surface area (Å²) >= 11 is 0. The number of aromatic nitrogens is 1. The lowest BCUT2D eigenvalue weighted by atomic mass is 10.2. The maximum atomic E-state index is 11.9. The third-order valence-electron chi connectivity index (χ3n) is 4.52. The number of aromatic amines is 1. The second-order valence-electron chi connectivity index (χ2n) is 6.27. The lowest BCUT2D eigenvalue weighted by Crippen LogP contribution is -2.31. The molecule has 0 bridgehead atoms. The second-order valence-corrected chi connectivity index (χ2v) is 8.50. The van der Waals surface area contributed by atoms with Gasteiger partial charge in [0.05, 0.1) is 29.4 Å². The van der Waals surface area contributed by atoms with Gasteiger partial charge in [-0.05, 0) is 24.6 Å². The molecule has 1 unspecified atom stereocenters. The molecule has 0 radical (unpaired) electrons. The van der Waals surface area contributed by atoms with Crippen LogP contribution in [0.5, 0.6) is 0 Å². The van der Waals surface area contributed by atoms with Crippen molar-refractivity contribution in [3.05, 3.63) is 66.4 Å². The number of sulfone groups is 1. The summed E-state index contributed by atoms with van der Waals surface area (Å²) in [5.74, 6) is 0.372. The van der Waals surface area contributed by atoms with Crippen molar-refractivity contribution in [3.63, 3.8) is 0 Å². The number of nitrogens with one attached hydrogen (secondary N) is 1. The fourth-order valence-corrected chi connectivity index (χ4v) is 4.94. The summed E-state index contributed by atoms with van der Waals surface area (Å²) in [6.45, 7) is 0. The van der Waals surface area contributed by atoms with Gasteiger partial charge in [0.1, 0.15) is 0 Å². The standard InChI is InChI=1S/C19H19N3O2S/c23-25(24)11-10-17(14-25)22(16-6-2-1-3-7-16)21-13-15-12-20-19-9-5-4-8-18(15)19/h1-9,12-13,17,20H,10-11,14H2/b21-13+. The number of H-pyrrole nitrogens is 1. The average Bonchev–Trinajstić information content (AvgIpc) is 3.19. The number of fused-ring (bicyclic) bond motifs is 1. The highest BCUT2D eigenvalue weighted by Crippen LogP contribution is 2.25. The van der Waals surface area contributed by atoms with Gasteiger partial charge in [0, 0.05) is 22.7 Å². The van der Waals surface area contributed by atoms with Crippen molar-refractivity contribution in [3.8, 4) is 0 Å². The molecule has 1 fully saturated rings. The number of para-hydroxylation sites is 2. The van der Waals surface area contributed by atoms with Crippen LogP contribution in [0.4, 0.5) is 5.69 Å². The van der Waals surface area contributed by atoms with E-state index in [1.54, 1.807) is 6.21 Å². The maximum Gasteiger partial charge on any atom is 0.152 e. The van der Waals surface area contributed by atoms with Gasteiger partial charge in [0.25, 0.3) is 0 Å². The Hall–Kier alpha value is -2.60. The van der Waals surface area contributed by atoms with Crippen molar-refractivity contribution < 1.29 is 8.42 Å². The van der Waals surface area contributed by atoms with Crippen molar-refractivity contribution in [2.75, 3.05) is 16.5 Å². The number of hydrogen-bond acceptors (Lipinski definition) is 4. The topological polar surface area (TPSA) is 65.5 Å². The molecule has 1 aromatic heterocycles. The molecular weight excluding hydrogens is 334 g/mol. The molecule has 0 spiro atoms. The lowest BCUT2D eigenvalue weighted by molar-refractivity contribution is 0.600. The Morgan fingerprint density at radius 1 is 1.08 bits per heavy atom. The molecule has 1 atom stereocenters. The average molecular weight is 353 g/mol. The third-order valence-corrected chi connectivity index (χ3v) is 6.27. The molecule has 128 valence electrons. The molecular formula is C19H19N3O2S. The van der Waals surface area contributed by atoms with Crippen molar-refractivity contribution in [2.24, 2.45) is 5.10 Å². The highest BCUT2D eigenvalue weighted by atomic mass is 32.2. The van der Waals surface area contributed by atoms with Crippen LogP contribution in [-0.4, -0.2) is 37.2 Å². The van der Waals surface area contributed by atoms with E-state index < -0.39 is 9.84 Å². The minimum absolute atomic E-state index is 0.131. The van der Waals surface area contributed by atoms with Crippen LogP contribution in [0.25, 0.3) is 10.9 Å². The van der Waals surface area contributed by atoms with E-state index in [0.29, 0.717) is 6.42 Å². The Labute approximate surface area is 146 Å². The van der Waals surface area contributed by atoms with Crippen LogP contribution in [-0.2, 0) is 9.84 Å². The molecule has 1 N–H and O–H groups in total. The van der Waals surface area contributed by atoms with Gasteiger partial charge in [-0.3, -0.25) is 5.01 Å². The predicted molar refractivity (Wildman–Crippen MR) is 102 cm³/mol. The number of rotatable bonds is 4. The third kappa shape index (κ3) is 3.30. The summed E-state index contributed by atoms with van der Waals surface area (Å²) in [5.41, 5.74) is 2.94. The largest absolute Gasteiger partial charge is 0.361 e. The van der Waals surface area contributed by atoms with E-state index in [1.807, 2.05) is 65.8 Å². The Morgan fingerprint density at radius 3 is 2.60 bits per heavy atom. The first-order valence-corrected chi connectivity index (χ1v) is 10.1. The fourth-order valence-electron chi connectivity index (χ4n) is 3.25. The first kappa shape index (κ1) is 15.9. The fraction of sp³-hybridized carbons (Fsp3) is 0.211. The van der Waals surface area contributed by atoms with Gasteiger partial charge in [-0.2, -0.15) is 5.10 Å². The highest BCUT2D eigenvalue weighted by molar-refractivity contribution is 7.91. The van der Waals surface area contributed by atoms with E-state index in [1.165, 1.54) is 0 Å². The van der Waals surface area contributed by atoms with Gasteiger partial charge in [0.2, 0.25) is 0 Å². The predicted octanol–water partition coefficient (Wildman–Crippen LogP) is 3.20. The van der Waals surface area contributed by atoms with Crippen molar-refractivity contribution in [2.45, 2.75) is 12.5 Å². The second kappa shape index (κ2) is 6.37. The Morgan fingerprint density at radius 2 is 1.84 bits per heavy atom. The molecule has 4 rings (SSSR count). The zero-order valence-electron chi connectivity index (χ0n) is 13.7. The van der Waals surface area contributed by atoms with Crippen LogP contribution in [0, 0.1) is 0 Å². The number of hydrazone groups is 1. The van der Waals surface area contributed by atoms with E-state index in [0.717, 1.165) is 22.2 Å². The summed E-state index contributed by atoms with van der Waals surface area (Å²) in [4.78, 5) is 3.23. The SMILES string of the molecule is O=S1(=O)CCC(N(/N=C/c2c[nH]c3ccccc23)c2ccccc2)C1. The number of nitrogens with zero attached hydrogens (tertiary/aromatic N) is 2. The Bertz CT molecular complexity index is 1010. The van der Waals surface area contributed by atoms with Crippen LogP contribution in [0.2, 0.25) is 0 Å². The molecule has 3 aromatic rings. The summed E-state index contributed by atoms with van der Waals surface area (Å²) < 4.78 is 23.8. The van der Waals surface area contributed by atoms with E-state index in [4.69, 9.17) is 0 Å². The summed E-state index contributed by atoms with van der Waals surface area (Å²) in [5, 5.41) is 7.59. The molecule has 0 saturated carbocycles. The molecule has 5 nitrogen and oxygen atoms in total. The van der Waals surface area contributed by atoms with Gasteiger partial charge < -0.3 is 4.98 Å². The van der Waals surface area contributed by atoms with Crippen molar-refractivity contribution in [1.82, 2.24) is 4.98 Å². The number of anilines is 1. The van der Waals surface area contributed by atoms with Crippen LogP contribution in [0.15, 0.2) is 65.9 Å². The van der Waals surface area contributed by atoms with Gasteiger partial charge in [-0.25, -0.2) is 8.42 Å². The molecule has 0 amide bonds. The van der Waals surface area contributed by atoms with E-state index in [2.05, 4.69) is 10.1 Å². The van der Waals surface area contributed by atoms with Crippen molar-refractivity contribution in [1.29, 1.82) is 0 Å². The molecule has 1 aliphatic rings. The van der Waals surface area contributed by atoms with Crippen LogP contribution in [0.1, 0.15) is 12.0 Å². The summed E-state index contributed by atoms with van der Waals surface area (Å²) in [6.07, 6.45) is 4.32. The first-order valence-electron chi connectivity index (χ1n) is 8.27. The minimum atomic E-state index is -2.98. The molecule has 1 aliphatic heterocycles. The molecule has 0 aliphatic carbocycles.